The maximum Gasteiger partial charge on any atom is 0.433 e. The van der Waals surface area contributed by atoms with Crippen molar-refractivity contribution < 1.29 is 32.6 Å². The molecule has 32 heavy (non-hydrogen) atoms. The lowest BCUT2D eigenvalue weighted by Gasteiger charge is -2.36. The number of hydrogen-bond acceptors (Lipinski definition) is 7. The number of morpholine rings is 1. The number of ether oxygens (including phenoxy) is 1. The van der Waals surface area contributed by atoms with Gasteiger partial charge in [0, 0.05) is 20.1 Å². The van der Waals surface area contributed by atoms with E-state index in [2.05, 4.69) is 10.6 Å². The number of likely N-dealkylation sites (N-methyl/N-ethyl adjacent to an activating group) is 1. The third-order valence-electron chi connectivity index (χ3n) is 4.56. The molecule has 9 nitrogen and oxygen atoms in total. The molecule has 2 amide bonds. The summed E-state index contributed by atoms with van der Waals surface area (Å²) in [4.78, 5) is 27.1. The van der Waals surface area contributed by atoms with Crippen LogP contribution in [0.4, 0.5) is 13.2 Å². The number of halogens is 3. The number of amides is 2. The van der Waals surface area contributed by atoms with Crippen LogP contribution in [-0.2, 0) is 9.53 Å². The van der Waals surface area contributed by atoms with E-state index >= 15 is 0 Å². The zero-order chi connectivity index (χ0) is 23.9. The zero-order valence-corrected chi connectivity index (χ0v) is 18.4. The molecule has 1 aromatic rings. The standard InChI is InChI=1S/C19H26F3N5O4S/c1-3-4-12(24-2)17(29)27-7-8-31-10-11(27)9-25-16(28)14-6-5-13(32-14)15(23)26-18(30)19(20,21)22/h4-6,11,18,24,30H,3,7-10H2,1-2H3,(H2,23,26)(H,25,28)/b12-4-. The SMILES string of the molecule is CC/C=C(\NC)C(=O)N1CCOCC1CNC(=O)c1ccc(C(=N)NC(O)C(F)(F)F)s1. The Morgan fingerprint density at radius 1 is 1.41 bits per heavy atom. The molecule has 0 spiro atoms. The van der Waals surface area contributed by atoms with Gasteiger partial charge in [-0.2, -0.15) is 13.2 Å². The summed E-state index contributed by atoms with van der Waals surface area (Å²) in [7, 11) is 1.66. The Bertz CT molecular complexity index is 858. The number of aliphatic hydroxyl groups excluding tert-OH is 1. The van der Waals surface area contributed by atoms with Gasteiger partial charge in [0.05, 0.1) is 34.7 Å². The molecule has 0 aliphatic carbocycles. The second-order valence-electron chi connectivity index (χ2n) is 6.84. The molecular weight excluding hydrogens is 451 g/mol. The van der Waals surface area contributed by atoms with Gasteiger partial charge in [0.15, 0.2) is 0 Å². The Hall–Kier alpha value is -2.64. The van der Waals surface area contributed by atoms with Crippen molar-refractivity contribution in [3.8, 4) is 0 Å². The van der Waals surface area contributed by atoms with Crippen LogP contribution in [0.15, 0.2) is 23.9 Å². The highest BCUT2D eigenvalue weighted by molar-refractivity contribution is 7.16. The molecule has 1 fully saturated rings. The van der Waals surface area contributed by atoms with Crippen molar-refractivity contribution in [2.24, 2.45) is 0 Å². The summed E-state index contributed by atoms with van der Waals surface area (Å²) in [5.41, 5.74) is 0.459. The molecule has 1 aliphatic heterocycles. The van der Waals surface area contributed by atoms with Gasteiger partial charge in [-0.25, -0.2) is 0 Å². The first-order valence-corrected chi connectivity index (χ1v) is 10.6. The van der Waals surface area contributed by atoms with Crippen LogP contribution in [-0.4, -0.2) is 79.5 Å². The average molecular weight is 478 g/mol. The van der Waals surface area contributed by atoms with Crippen molar-refractivity contribution in [3.05, 3.63) is 33.7 Å². The predicted octanol–water partition coefficient (Wildman–Crippen LogP) is 1.01. The van der Waals surface area contributed by atoms with Gasteiger partial charge in [-0.15, -0.1) is 11.3 Å². The smallest absolute Gasteiger partial charge is 0.384 e. The van der Waals surface area contributed by atoms with Crippen molar-refractivity contribution in [2.45, 2.75) is 31.8 Å². The molecule has 5 N–H and O–H groups in total. The number of allylic oxidation sites excluding steroid dienone is 1. The van der Waals surface area contributed by atoms with E-state index in [4.69, 9.17) is 15.3 Å². The molecule has 1 saturated heterocycles. The maximum absolute atomic E-state index is 12.8. The highest BCUT2D eigenvalue weighted by Crippen LogP contribution is 2.21. The number of hydrogen-bond donors (Lipinski definition) is 5. The Morgan fingerprint density at radius 3 is 2.72 bits per heavy atom. The lowest BCUT2D eigenvalue weighted by molar-refractivity contribution is -0.208. The Kier molecular flexibility index (Phi) is 9.04. The molecule has 0 aromatic carbocycles. The lowest BCUT2D eigenvalue weighted by Crippen LogP contribution is -2.54. The van der Waals surface area contributed by atoms with E-state index in [9.17, 15) is 22.8 Å². The summed E-state index contributed by atoms with van der Waals surface area (Å²) in [6, 6.07) is 2.29. The molecule has 0 bridgehead atoms. The van der Waals surface area contributed by atoms with E-state index in [0.717, 1.165) is 11.3 Å². The minimum absolute atomic E-state index is 0.0552. The molecule has 1 aromatic heterocycles. The van der Waals surface area contributed by atoms with Crippen LogP contribution in [0.1, 0.15) is 27.9 Å². The molecule has 178 valence electrons. The summed E-state index contributed by atoms with van der Waals surface area (Å²) in [6.07, 6.45) is -5.35. The van der Waals surface area contributed by atoms with Crippen LogP contribution >= 0.6 is 11.3 Å². The van der Waals surface area contributed by atoms with E-state index in [1.165, 1.54) is 12.1 Å². The summed E-state index contributed by atoms with van der Waals surface area (Å²) in [5.74, 6) is -1.35. The average Bonchev–Trinajstić information content (AvgIpc) is 3.25. The van der Waals surface area contributed by atoms with E-state index in [-0.39, 0.29) is 28.8 Å². The Labute approximate surface area is 187 Å². The zero-order valence-electron chi connectivity index (χ0n) is 17.6. The molecule has 0 radical (unpaired) electrons. The third kappa shape index (κ3) is 6.68. The summed E-state index contributed by atoms with van der Waals surface area (Å²) >= 11 is 0.802. The van der Waals surface area contributed by atoms with Gasteiger partial charge in [0.1, 0.15) is 5.84 Å². The highest BCUT2D eigenvalue weighted by atomic mass is 32.1. The van der Waals surface area contributed by atoms with Crippen LogP contribution < -0.4 is 16.0 Å². The van der Waals surface area contributed by atoms with Gasteiger partial charge in [0.25, 0.3) is 11.8 Å². The minimum Gasteiger partial charge on any atom is -0.384 e. The highest BCUT2D eigenvalue weighted by Gasteiger charge is 2.39. The van der Waals surface area contributed by atoms with Gasteiger partial charge in [0.2, 0.25) is 6.23 Å². The summed E-state index contributed by atoms with van der Waals surface area (Å²) in [5, 5.41) is 23.9. The van der Waals surface area contributed by atoms with Gasteiger partial charge in [-0.1, -0.05) is 13.0 Å². The van der Waals surface area contributed by atoms with Gasteiger partial charge in [-0.05, 0) is 18.6 Å². The van der Waals surface area contributed by atoms with Crippen LogP contribution in [0, 0.1) is 5.41 Å². The van der Waals surface area contributed by atoms with Crippen molar-refractivity contribution in [1.29, 1.82) is 5.41 Å². The fraction of sp³-hybridized carbons (Fsp3) is 0.526. The topological polar surface area (TPSA) is 127 Å². The van der Waals surface area contributed by atoms with Crippen molar-refractivity contribution >= 4 is 29.0 Å². The quantitative estimate of drug-likeness (QED) is 0.165. The summed E-state index contributed by atoms with van der Waals surface area (Å²) in [6.45, 7) is 3.02. The largest absolute Gasteiger partial charge is 0.433 e. The molecule has 13 heteroatoms. The number of aliphatic hydroxyl groups is 1. The molecular formula is C19H26F3N5O4S. The monoisotopic (exact) mass is 477 g/mol. The predicted molar refractivity (Wildman–Crippen MR) is 112 cm³/mol. The van der Waals surface area contributed by atoms with Gasteiger partial charge < -0.3 is 30.7 Å². The Balaban J connectivity index is 1.98. The van der Waals surface area contributed by atoms with Gasteiger partial charge in [-0.3, -0.25) is 15.0 Å². The normalized spacial score (nSPS) is 18.1. The van der Waals surface area contributed by atoms with E-state index in [1.54, 1.807) is 23.3 Å². The number of carbonyl (C=O) groups is 2. The van der Waals surface area contributed by atoms with Crippen LogP contribution in [0.5, 0.6) is 0 Å². The van der Waals surface area contributed by atoms with Gasteiger partial charge >= 0.3 is 6.18 Å². The third-order valence-corrected chi connectivity index (χ3v) is 5.66. The van der Waals surface area contributed by atoms with Crippen molar-refractivity contribution in [2.75, 3.05) is 33.4 Å². The molecule has 2 heterocycles. The fourth-order valence-corrected chi connectivity index (χ4v) is 3.76. The first-order chi connectivity index (χ1) is 15.1. The lowest BCUT2D eigenvalue weighted by atomic mass is 10.2. The summed E-state index contributed by atoms with van der Waals surface area (Å²) < 4.78 is 42.7. The molecule has 2 rings (SSSR count). The molecule has 2 unspecified atom stereocenters. The number of thiophene rings is 1. The number of carbonyl (C=O) groups excluding carboxylic acids is 2. The minimum atomic E-state index is -4.92. The van der Waals surface area contributed by atoms with Crippen molar-refractivity contribution in [1.82, 2.24) is 20.9 Å². The maximum atomic E-state index is 12.8. The fourth-order valence-electron chi connectivity index (χ4n) is 2.93. The van der Waals surface area contributed by atoms with E-state index in [1.807, 2.05) is 6.92 Å². The second kappa shape index (κ2) is 11.3. The molecule has 0 saturated carbocycles. The number of alkyl halides is 3. The first kappa shape index (κ1) is 25.6. The van der Waals surface area contributed by atoms with E-state index in [0.29, 0.717) is 25.3 Å². The number of nitrogens with zero attached hydrogens (tertiary/aromatic N) is 1. The van der Waals surface area contributed by atoms with Crippen LogP contribution in [0.2, 0.25) is 0 Å². The number of nitrogens with one attached hydrogen (secondary N) is 4. The van der Waals surface area contributed by atoms with E-state index < -0.39 is 30.2 Å². The van der Waals surface area contributed by atoms with Crippen LogP contribution in [0.25, 0.3) is 0 Å². The first-order valence-electron chi connectivity index (χ1n) is 9.83. The molecule has 2 atom stereocenters. The van der Waals surface area contributed by atoms with Crippen LogP contribution in [0.3, 0.4) is 0 Å². The van der Waals surface area contributed by atoms with Crippen molar-refractivity contribution in [3.63, 3.8) is 0 Å². The second-order valence-corrected chi connectivity index (χ2v) is 7.92. The Morgan fingerprint density at radius 2 is 2.09 bits per heavy atom. The number of rotatable bonds is 8. The molecule has 1 aliphatic rings. The number of amidine groups is 1.